The molecule has 0 aromatic carbocycles. The smallest absolute Gasteiger partial charge is 0.149 e. The molecule has 1 aromatic rings. The minimum atomic E-state index is 0.473. The van der Waals surface area contributed by atoms with Gasteiger partial charge in [0, 0.05) is 19.1 Å². The average Bonchev–Trinajstić information content (AvgIpc) is 2.72. The van der Waals surface area contributed by atoms with Crippen molar-refractivity contribution in [2.75, 3.05) is 24.5 Å². The maximum absolute atomic E-state index is 5.86. The SMILES string of the molecule is Clc1cncc(N2CC3CCCNC3C2)n1. The normalized spacial score (nSPS) is 29.2. The van der Waals surface area contributed by atoms with Crippen molar-refractivity contribution in [1.82, 2.24) is 15.3 Å². The van der Waals surface area contributed by atoms with Gasteiger partial charge >= 0.3 is 0 Å². The van der Waals surface area contributed by atoms with Crippen molar-refractivity contribution >= 4 is 17.4 Å². The van der Waals surface area contributed by atoms with Crippen molar-refractivity contribution in [2.24, 2.45) is 5.92 Å². The number of piperidine rings is 1. The van der Waals surface area contributed by atoms with Gasteiger partial charge in [-0.25, -0.2) is 4.98 Å². The van der Waals surface area contributed by atoms with Gasteiger partial charge in [0.2, 0.25) is 0 Å². The second kappa shape index (κ2) is 4.18. The third-order valence-corrected chi connectivity index (χ3v) is 3.70. The molecule has 4 nitrogen and oxygen atoms in total. The minimum absolute atomic E-state index is 0.473. The minimum Gasteiger partial charge on any atom is -0.353 e. The fourth-order valence-corrected chi connectivity index (χ4v) is 2.86. The monoisotopic (exact) mass is 238 g/mol. The van der Waals surface area contributed by atoms with Gasteiger partial charge in [0.05, 0.1) is 12.4 Å². The van der Waals surface area contributed by atoms with Crippen LogP contribution in [0.4, 0.5) is 5.82 Å². The first-order valence-corrected chi connectivity index (χ1v) is 6.16. The fourth-order valence-electron chi connectivity index (χ4n) is 2.72. The number of nitrogens with one attached hydrogen (secondary N) is 1. The summed E-state index contributed by atoms with van der Waals surface area (Å²) in [5.41, 5.74) is 0. The van der Waals surface area contributed by atoms with E-state index in [1.54, 1.807) is 12.4 Å². The predicted molar refractivity (Wildman–Crippen MR) is 63.8 cm³/mol. The van der Waals surface area contributed by atoms with E-state index in [1.165, 1.54) is 12.8 Å². The third-order valence-electron chi connectivity index (χ3n) is 3.52. The van der Waals surface area contributed by atoms with Crippen LogP contribution in [0.1, 0.15) is 12.8 Å². The molecule has 86 valence electrons. The van der Waals surface area contributed by atoms with Crippen LogP contribution in [0.25, 0.3) is 0 Å². The van der Waals surface area contributed by atoms with E-state index in [0.29, 0.717) is 11.2 Å². The van der Waals surface area contributed by atoms with Crippen LogP contribution >= 0.6 is 11.6 Å². The molecule has 0 spiro atoms. The number of fused-ring (bicyclic) bond motifs is 1. The highest BCUT2D eigenvalue weighted by atomic mass is 35.5. The number of hydrogen-bond acceptors (Lipinski definition) is 4. The molecule has 3 rings (SSSR count). The summed E-state index contributed by atoms with van der Waals surface area (Å²) in [6.45, 7) is 3.25. The van der Waals surface area contributed by atoms with Crippen molar-refractivity contribution in [3.63, 3.8) is 0 Å². The summed E-state index contributed by atoms with van der Waals surface area (Å²) in [7, 11) is 0. The second-order valence-corrected chi connectivity index (χ2v) is 4.96. The molecule has 0 radical (unpaired) electrons. The van der Waals surface area contributed by atoms with Crippen LogP contribution in [0.5, 0.6) is 0 Å². The first-order chi connectivity index (χ1) is 7.83. The molecule has 2 fully saturated rings. The van der Waals surface area contributed by atoms with Crippen molar-refractivity contribution in [2.45, 2.75) is 18.9 Å². The standard InChI is InChI=1S/C11H15ClN4/c12-10-4-13-5-11(15-10)16-6-8-2-1-3-14-9(8)7-16/h4-5,8-9,14H,1-3,6-7H2. The maximum atomic E-state index is 5.86. The van der Waals surface area contributed by atoms with Crippen molar-refractivity contribution < 1.29 is 0 Å². The first-order valence-electron chi connectivity index (χ1n) is 5.79. The zero-order chi connectivity index (χ0) is 11.0. The lowest BCUT2D eigenvalue weighted by atomic mass is 9.94. The van der Waals surface area contributed by atoms with Crippen LogP contribution in [-0.4, -0.2) is 35.6 Å². The van der Waals surface area contributed by atoms with Gasteiger partial charge in [-0.1, -0.05) is 11.6 Å². The molecule has 0 amide bonds. The highest BCUT2D eigenvalue weighted by Gasteiger charge is 2.34. The third kappa shape index (κ3) is 1.87. The Labute approximate surface area is 100 Å². The molecule has 0 saturated carbocycles. The fraction of sp³-hybridized carbons (Fsp3) is 0.636. The van der Waals surface area contributed by atoms with Gasteiger partial charge in [0.25, 0.3) is 0 Å². The first kappa shape index (κ1) is 10.3. The predicted octanol–water partition coefficient (Wildman–Crippen LogP) is 1.32. The largest absolute Gasteiger partial charge is 0.353 e. The zero-order valence-corrected chi connectivity index (χ0v) is 9.82. The number of hydrogen-bond donors (Lipinski definition) is 1. The Morgan fingerprint density at radius 2 is 2.31 bits per heavy atom. The highest BCUT2D eigenvalue weighted by Crippen LogP contribution is 2.28. The Kier molecular flexibility index (Phi) is 2.69. The van der Waals surface area contributed by atoms with Gasteiger partial charge in [-0.2, -0.15) is 0 Å². The lowest BCUT2D eigenvalue weighted by molar-refractivity contribution is 0.340. The second-order valence-electron chi connectivity index (χ2n) is 4.57. The highest BCUT2D eigenvalue weighted by molar-refractivity contribution is 6.29. The summed E-state index contributed by atoms with van der Waals surface area (Å²) in [5, 5.41) is 4.05. The molecule has 1 N–H and O–H groups in total. The number of rotatable bonds is 1. The molecule has 0 aliphatic carbocycles. The Hall–Kier alpha value is -0.870. The van der Waals surface area contributed by atoms with Crippen LogP contribution in [0.3, 0.4) is 0 Å². The Balaban J connectivity index is 1.77. The van der Waals surface area contributed by atoms with E-state index in [4.69, 9.17) is 11.6 Å². The van der Waals surface area contributed by atoms with Gasteiger partial charge in [0.1, 0.15) is 11.0 Å². The van der Waals surface area contributed by atoms with Crippen LogP contribution in [-0.2, 0) is 0 Å². The number of anilines is 1. The van der Waals surface area contributed by atoms with E-state index in [9.17, 15) is 0 Å². The summed E-state index contributed by atoms with van der Waals surface area (Å²) in [6.07, 6.45) is 5.98. The molecule has 2 saturated heterocycles. The van der Waals surface area contributed by atoms with Gasteiger partial charge < -0.3 is 10.2 Å². The Bertz CT molecular complexity index is 370. The molecule has 1 aromatic heterocycles. The van der Waals surface area contributed by atoms with Crippen LogP contribution in [0, 0.1) is 5.92 Å². The van der Waals surface area contributed by atoms with Gasteiger partial charge in [-0.15, -0.1) is 0 Å². The molecule has 2 aliphatic heterocycles. The summed E-state index contributed by atoms with van der Waals surface area (Å²) in [6, 6.07) is 0.620. The summed E-state index contributed by atoms with van der Waals surface area (Å²) >= 11 is 5.86. The average molecular weight is 239 g/mol. The maximum Gasteiger partial charge on any atom is 0.149 e. The van der Waals surface area contributed by atoms with E-state index >= 15 is 0 Å². The molecule has 2 aliphatic rings. The molecule has 0 bridgehead atoms. The van der Waals surface area contributed by atoms with Crippen LogP contribution < -0.4 is 10.2 Å². The van der Waals surface area contributed by atoms with Crippen molar-refractivity contribution in [3.8, 4) is 0 Å². The number of halogens is 1. The molecule has 2 atom stereocenters. The molecule has 16 heavy (non-hydrogen) atoms. The number of nitrogens with zero attached hydrogens (tertiary/aromatic N) is 3. The van der Waals surface area contributed by atoms with Gasteiger partial charge in [-0.05, 0) is 25.3 Å². The summed E-state index contributed by atoms with van der Waals surface area (Å²) in [5.74, 6) is 1.67. The van der Waals surface area contributed by atoms with E-state index < -0.39 is 0 Å². The quantitative estimate of drug-likeness (QED) is 0.801. The summed E-state index contributed by atoms with van der Waals surface area (Å²) in [4.78, 5) is 10.7. The number of aromatic nitrogens is 2. The van der Waals surface area contributed by atoms with Crippen molar-refractivity contribution in [1.29, 1.82) is 0 Å². The Morgan fingerprint density at radius 1 is 1.38 bits per heavy atom. The van der Waals surface area contributed by atoms with Gasteiger partial charge in [0.15, 0.2) is 0 Å². The van der Waals surface area contributed by atoms with E-state index in [2.05, 4.69) is 20.2 Å². The lowest BCUT2D eigenvalue weighted by Crippen LogP contribution is -2.40. The van der Waals surface area contributed by atoms with Crippen LogP contribution in [0.2, 0.25) is 5.15 Å². The molecular formula is C11H15ClN4. The van der Waals surface area contributed by atoms with Gasteiger partial charge in [-0.3, -0.25) is 4.98 Å². The molecular weight excluding hydrogens is 224 g/mol. The molecule has 3 heterocycles. The van der Waals surface area contributed by atoms with E-state index in [-0.39, 0.29) is 0 Å². The zero-order valence-electron chi connectivity index (χ0n) is 9.06. The topological polar surface area (TPSA) is 41.1 Å². The van der Waals surface area contributed by atoms with Crippen molar-refractivity contribution in [3.05, 3.63) is 17.5 Å². The van der Waals surface area contributed by atoms with E-state index in [1.807, 2.05) is 0 Å². The molecule has 2 unspecified atom stereocenters. The van der Waals surface area contributed by atoms with Crippen LogP contribution in [0.15, 0.2) is 12.4 Å². The Morgan fingerprint density at radius 3 is 3.12 bits per heavy atom. The van der Waals surface area contributed by atoms with E-state index in [0.717, 1.165) is 31.4 Å². The lowest BCUT2D eigenvalue weighted by Gasteiger charge is -2.24. The summed E-state index contributed by atoms with van der Waals surface area (Å²) < 4.78 is 0. The molecule has 5 heteroatoms.